The van der Waals surface area contributed by atoms with Crippen LogP contribution in [0, 0.1) is 0 Å². The minimum absolute atomic E-state index is 0.337. The molecular formula is C25H51Mo2NO6P2S2. The van der Waals surface area contributed by atoms with Gasteiger partial charge >= 0.3 is 216 Å². The number of hydrogen-bond donors (Lipinski definition) is 1. The molecule has 0 saturated carbocycles. The third-order valence-corrected chi connectivity index (χ3v) is 14.1. The van der Waals surface area contributed by atoms with E-state index in [9.17, 15) is 4.79 Å². The molecule has 0 fully saturated rings. The van der Waals surface area contributed by atoms with Gasteiger partial charge in [-0.3, -0.25) is 0 Å². The fraction of sp³-hybridized carbons (Fsp3) is 0.960. The number of unbranched alkanes of at least 4 members (excludes halogenated alkanes) is 18. The van der Waals surface area contributed by atoms with Crippen LogP contribution in [0.25, 0.3) is 0 Å². The van der Waals surface area contributed by atoms with Crippen LogP contribution in [0.5, 0.6) is 0 Å². The van der Waals surface area contributed by atoms with Gasteiger partial charge in [0.15, 0.2) is 0 Å². The van der Waals surface area contributed by atoms with E-state index in [1.165, 1.54) is 137 Å². The minimum atomic E-state index is -3.47. The van der Waals surface area contributed by atoms with Gasteiger partial charge < -0.3 is 0 Å². The summed E-state index contributed by atoms with van der Waals surface area (Å²) in [5.41, 5.74) is 0. The number of carbonyl (C=O) groups excluding carboxylic acids is 1. The van der Waals surface area contributed by atoms with Crippen molar-refractivity contribution in [3.63, 3.8) is 0 Å². The molecule has 0 aromatic carbocycles. The first kappa shape index (κ1) is 39.8. The fourth-order valence-electron chi connectivity index (χ4n) is 3.90. The van der Waals surface area contributed by atoms with E-state index < -0.39 is 19.5 Å². The summed E-state index contributed by atoms with van der Waals surface area (Å²) in [6.45, 7) is -1.43. The van der Waals surface area contributed by atoms with Crippen LogP contribution in [-0.4, -0.2) is 19.3 Å². The Morgan fingerprint density at radius 1 is 0.632 bits per heavy atom. The zero-order chi connectivity index (χ0) is 28.4. The summed E-state index contributed by atoms with van der Waals surface area (Å²) in [4.78, 5) is 11.9. The van der Waals surface area contributed by atoms with Gasteiger partial charge in [-0.25, -0.2) is 0 Å². The number of hydrogen-bond acceptors (Lipinski definition) is 8. The Balaban J connectivity index is 4.33. The standard InChI is InChI=1S/C25H53NO6P2S2.2Mo/c1-3-5-7-9-11-13-15-17-19-21-23-29-33(28,35)32-34(36,31-25(26)27)30-24-22-20-18-16-14-12-10-8-6-4-2;;/h3-24H2,1-2H3,(H3,26,27,28,35);;/q;2*+1/p-2. The molecule has 1 N–H and O–H groups in total. The van der Waals surface area contributed by atoms with Crippen LogP contribution in [0.15, 0.2) is 0 Å². The fourth-order valence-corrected chi connectivity index (χ4v) is 10.3. The topological polar surface area (TPSA) is 75.2 Å². The summed E-state index contributed by atoms with van der Waals surface area (Å²) in [7, 11) is 0. The molecule has 0 aromatic rings. The molecule has 0 aromatic heterocycles. The second-order valence-corrected chi connectivity index (χ2v) is 17.1. The van der Waals surface area contributed by atoms with E-state index in [2.05, 4.69) is 17.7 Å². The number of amides is 1. The first-order valence-electron chi connectivity index (χ1n) is 14.5. The summed E-state index contributed by atoms with van der Waals surface area (Å²) in [6, 6.07) is 0. The molecule has 0 radical (unpaired) electrons. The van der Waals surface area contributed by atoms with Gasteiger partial charge in [-0.2, -0.15) is 0 Å². The van der Waals surface area contributed by atoms with Crippen LogP contribution >= 0.6 is 13.4 Å². The van der Waals surface area contributed by atoms with Crippen LogP contribution in [0.4, 0.5) is 4.79 Å². The Morgan fingerprint density at radius 3 is 1.32 bits per heavy atom. The Labute approximate surface area is 266 Å². The number of rotatable bonds is 28. The molecular weight excluding hydrogens is 728 g/mol. The van der Waals surface area contributed by atoms with Gasteiger partial charge in [-0.1, -0.05) is 52.4 Å². The maximum absolute atomic E-state index is 11.9. The first-order chi connectivity index (χ1) is 18.3. The van der Waals surface area contributed by atoms with E-state index in [0.29, 0.717) is 13.2 Å². The normalized spacial score (nSPS) is 14.6. The van der Waals surface area contributed by atoms with Crippen LogP contribution in [0.3, 0.4) is 0 Å². The number of carbonyl (C=O) groups is 1. The molecule has 0 heterocycles. The van der Waals surface area contributed by atoms with Crippen molar-refractivity contribution in [3.05, 3.63) is 0 Å². The molecule has 0 saturated heterocycles. The number of nitrogens with one attached hydrogen (secondary N) is 1. The molecule has 226 valence electrons. The second-order valence-electron chi connectivity index (χ2n) is 9.56. The molecule has 0 aliphatic heterocycles. The van der Waals surface area contributed by atoms with E-state index in [-0.39, 0.29) is 0 Å². The average molecular weight is 780 g/mol. The molecule has 0 spiro atoms. The van der Waals surface area contributed by atoms with E-state index in [0.717, 1.165) is 32.1 Å². The van der Waals surface area contributed by atoms with Gasteiger partial charge in [-0.15, -0.1) is 0 Å². The SMILES string of the molecule is CCCCCCCCCCCCOP(=S)([O][Mo])OP(=S)(OCCCCCCCCCCCC)OC(=O)[NH][Mo]. The van der Waals surface area contributed by atoms with E-state index in [4.69, 9.17) is 44.7 Å². The van der Waals surface area contributed by atoms with Gasteiger partial charge in [0.25, 0.3) is 0 Å². The first-order valence-corrected chi connectivity index (χ1v) is 21.4. The molecule has 0 aliphatic carbocycles. The van der Waals surface area contributed by atoms with Gasteiger partial charge in [-0.05, 0) is 0 Å². The van der Waals surface area contributed by atoms with Crippen molar-refractivity contribution in [3.8, 4) is 0 Å². The summed E-state index contributed by atoms with van der Waals surface area (Å²) in [5.74, 6) is 0. The zero-order valence-electron chi connectivity index (χ0n) is 23.5. The van der Waals surface area contributed by atoms with Crippen LogP contribution in [0.2, 0.25) is 0 Å². The van der Waals surface area contributed by atoms with Crippen LogP contribution < -0.4 is 3.88 Å². The molecule has 0 bridgehead atoms. The Morgan fingerprint density at radius 2 is 0.974 bits per heavy atom. The summed E-state index contributed by atoms with van der Waals surface area (Å²) >= 11 is 13.8. The average Bonchev–Trinajstić information content (AvgIpc) is 2.90. The molecule has 2 atom stereocenters. The predicted octanol–water partition coefficient (Wildman–Crippen LogP) is 9.99. The van der Waals surface area contributed by atoms with Crippen molar-refractivity contribution >= 4 is 43.1 Å². The van der Waals surface area contributed by atoms with Crippen molar-refractivity contribution in [1.29, 1.82) is 0 Å². The van der Waals surface area contributed by atoms with Gasteiger partial charge in [0.1, 0.15) is 0 Å². The van der Waals surface area contributed by atoms with Crippen LogP contribution in [-0.2, 0) is 84.9 Å². The second kappa shape index (κ2) is 27.6. The summed E-state index contributed by atoms with van der Waals surface area (Å²) in [5, 5.41) is 0. The van der Waals surface area contributed by atoms with E-state index in [1.54, 1.807) is 0 Å². The third kappa shape index (κ3) is 24.4. The predicted molar refractivity (Wildman–Crippen MR) is 156 cm³/mol. The Bertz CT molecular complexity index is 667. The van der Waals surface area contributed by atoms with Gasteiger partial charge in [0.05, 0.1) is 0 Å². The maximum atomic E-state index is 11.9. The Hall–Kier alpha value is 1.79. The monoisotopic (exact) mass is 783 g/mol. The molecule has 1 amide bonds. The summed E-state index contributed by atoms with van der Waals surface area (Å²) < 4.78 is 30.6. The summed E-state index contributed by atoms with van der Waals surface area (Å²) in [6.07, 6.45) is 23.7. The zero-order valence-corrected chi connectivity index (χ0v) is 31.0. The van der Waals surface area contributed by atoms with Crippen molar-refractivity contribution in [2.45, 2.75) is 142 Å². The van der Waals surface area contributed by atoms with Crippen molar-refractivity contribution in [2.75, 3.05) is 13.2 Å². The van der Waals surface area contributed by atoms with Crippen LogP contribution in [0.1, 0.15) is 142 Å². The molecule has 0 rings (SSSR count). The third-order valence-electron chi connectivity index (χ3n) is 6.06. The molecule has 13 heteroatoms. The quantitative estimate of drug-likeness (QED) is 0.0478. The van der Waals surface area contributed by atoms with Crippen molar-refractivity contribution < 1.29 is 66.1 Å². The molecule has 0 aliphatic rings. The Kier molecular flexibility index (Phi) is 28.9. The van der Waals surface area contributed by atoms with Crippen molar-refractivity contribution in [1.82, 2.24) is 3.88 Å². The van der Waals surface area contributed by atoms with E-state index in [1.807, 2.05) is 0 Å². The molecule has 7 nitrogen and oxygen atoms in total. The van der Waals surface area contributed by atoms with Crippen molar-refractivity contribution in [2.24, 2.45) is 0 Å². The molecule has 38 heavy (non-hydrogen) atoms. The van der Waals surface area contributed by atoms with E-state index >= 15 is 0 Å². The molecule has 2 unspecified atom stereocenters. The van der Waals surface area contributed by atoms with Gasteiger partial charge in [0, 0.05) is 0 Å². The van der Waals surface area contributed by atoms with Gasteiger partial charge in [0.2, 0.25) is 0 Å².